The van der Waals surface area contributed by atoms with E-state index in [4.69, 9.17) is 16.3 Å². The van der Waals surface area contributed by atoms with E-state index in [1.165, 1.54) is 7.11 Å². The number of likely N-dealkylation sites (tertiary alicyclic amines) is 1. The van der Waals surface area contributed by atoms with Gasteiger partial charge in [0.25, 0.3) is 5.91 Å². The lowest BCUT2D eigenvalue weighted by molar-refractivity contribution is -0.144. The highest BCUT2D eigenvalue weighted by molar-refractivity contribution is 6.34. The fourth-order valence-electron chi connectivity index (χ4n) is 2.42. The molecule has 0 aromatic heterocycles. The Hall–Kier alpha value is -1.55. The zero-order chi connectivity index (χ0) is 14.9. The number of aryl methyl sites for hydroxylation is 2. The molecule has 0 saturated carbocycles. The van der Waals surface area contributed by atoms with Gasteiger partial charge in [-0.1, -0.05) is 11.6 Å². The predicted molar refractivity (Wildman–Crippen MR) is 77.0 cm³/mol. The average molecular weight is 296 g/mol. The molecule has 1 aliphatic rings. The van der Waals surface area contributed by atoms with E-state index >= 15 is 0 Å². The molecule has 2 rings (SSSR count). The van der Waals surface area contributed by atoms with Crippen LogP contribution in [0.15, 0.2) is 12.1 Å². The number of esters is 1. The first-order valence-corrected chi connectivity index (χ1v) is 6.95. The van der Waals surface area contributed by atoms with Gasteiger partial charge in [0.05, 0.1) is 23.6 Å². The number of methoxy groups -OCH3 is 1. The molecule has 1 amide bonds. The first-order valence-electron chi connectivity index (χ1n) is 6.58. The first-order chi connectivity index (χ1) is 9.43. The molecule has 0 bridgehead atoms. The smallest absolute Gasteiger partial charge is 0.310 e. The summed E-state index contributed by atoms with van der Waals surface area (Å²) in [5.74, 6) is -0.606. The zero-order valence-electron chi connectivity index (χ0n) is 11.9. The molecular formula is C15H18ClNO3. The highest BCUT2D eigenvalue weighted by Gasteiger charge is 2.32. The van der Waals surface area contributed by atoms with Crippen LogP contribution in [0.4, 0.5) is 0 Å². The van der Waals surface area contributed by atoms with Gasteiger partial charge in [0.1, 0.15) is 0 Å². The molecule has 0 aliphatic carbocycles. The van der Waals surface area contributed by atoms with E-state index in [0.717, 1.165) is 11.1 Å². The van der Waals surface area contributed by atoms with Crippen molar-refractivity contribution < 1.29 is 14.3 Å². The van der Waals surface area contributed by atoms with Crippen molar-refractivity contribution in [2.75, 3.05) is 20.2 Å². The number of rotatable bonds is 2. The minimum atomic E-state index is -0.258. The van der Waals surface area contributed by atoms with E-state index < -0.39 is 0 Å². The van der Waals surface area contributed by atoms with Crippen LogP contribution in [0.2, 0.25) is 5.02 Å². The second-order valence-corrected chi connectivity index (χ2v) is 5.58. The third-order valence-electron chi connectivity index (χ3n) is 3.82. The monoisotopic (exact) mass is 295 g/mol. The third kappa shape index (κ3) is 2.80. The standard InChI is InChI=1S/C15H18ClNO3/c1-9-6-12(13(16)7-10(9)2)14(18)17-5-4-11(8-17)15(19)20-3/h6-7,11H,4-5,8H2,1-3H3/t11-/m0/s1. The number of carbonyl (C=O) groups excluding carboxylic acids is 2. The Balaban J connectivity index is 2.17. The van der Waals surface area contributed by atoms with Crippen molar-refractivity contribution in [3.63, 3.8) is 0 Å². The van der Waals surface area contributed by atoms with Crippen molar-refractivity contribution in [2.24, 2.45) is 5.92 Å². The Labute approximate surface area is 123 Å². The van der Waals surface area contributed by atoms with E-state index in [9.17, 15) is 9.59 Å². The first kappa shape index (κ1) is 14.9. The van der Waals surface area contributed by atoms with Crippen molar-refractivity contribution in [1.82, 2.24) is 4.90 Å². The topological polar surface area (TPSA) is 46.6 Å². The van der Waals surface area contributed by atoms with Crippen LogP contribution in [-0.2, 0) is 9.53 Å². The summed E-state index contributed by atoms with van der Waals surface area (Å²) in [5, 5.41) is 0.458. The lowest BCUT2D eigenvalue weighted by Crippen LogP contribution is -2.30. The van der Waals surface area contributed by atoms with Crippen LogP contribution in [0.25, 0.3) is 0 Å². The fraction of sp³-hybridized carbons (Fsp3) is 0.467. The van der Waals surface area contributed by atoms with Crippen LogP contribution in [0.1, 0.15) is 27.9 Å². The van der Waals surface area contributed by atoms with Crippen molar-refractivity contribution in [3.05, 3.63) is 33.8 Å². The van der Waals surface area contributed by atoms with Crippen LogP contribution in [0.5, 0.6) is 0 Å². The number of carbonyl (C=O) groups is 2. The van der Waals surface area contributed by atoms with Crippen molar-refractivity contribution in [2.45, 2.75) is 20.3 Å². The van der Waals surface area contributed by atoms with Crippen LogP contribution in [0.3, 0.4) is 0 Å². The van der Waals surface area contributed by atoms with Crippen molar-refractivity contribution in [1.29, 1.82) is 0 Å². The van der Waals surface area contributed by atoms with Gasteiger partial charge in [-0.25, -0.2) is 0 Å². The van der Waals surface area contributed by atoms with Gasteiger partial charge in [0.2, 0.25) is 0 Å². The quantitative estimate of drug-likeness (QED) is 0.788. The van der Waals surface area contributed by atoms with Gasteiger partial charge in [-0.05, 0) is 43.5 Å². The molecule has 0 N–H and O–H groups in total. The number of hydrogen-bond donors (Lipinski definition) is 0. The van der Waals surface area contributed by atoms with Gasteiger partial charge in [-0.15, -0.1) is 0 Å². The summed E-state index contributed by atoms with van der Waals surface area (Å²) >= 11 is 6.16. The number of nitrogens with zero attached hydrogens (tertiary/aromatic N) is 1. The number of hydrogen-bond acceptors (Lipinski definition) is 3. The summed E-state index contributed by atoms with van der Waals surface area (Å²) in [4.78, 5) is 25.6. The third-order valence-corrected chi connectivity index (χ3v) is 4.14. The van der Waals surface area contributed by atoms with Gasteiger partial charge < -0.3 is 9.64 Å². The number of ether oxygens (including phenoxy) is 1. The van der Waals surface area contributed by atoms with Crippen LogP contribution in [0, 0.1) is 19.8 Å². The maximum Gasteiger partial charge on any atom is 0.310 e. The van der Waals surface area contributed by atoms with E-state index in [2.05, 4.69) is 0 Å². The van der Waals surface area contributed by atoms with E-state index in [1.54, 1.807) is 11.0 Å². The van der Waals surface area contributed by atoms with Crippen molar-refractivity contribution in [3.8, 4) is 0 Å². The SMILES string of the molecule is COC(=O)[C@H]1CCN(C(=O)c2cc(C)c(C)cc2Cl)C1. The molecule has 20 heavy (non-hydrogen) atoms. The summed E-state index contributed by atoms with van der Waals surface area (Å²) in [6.07, 6.45) is 0.640. The average Bonchev–Trinajstić information content (AvgIpc) is 2.91. The summed E-state index contributed by atoms with van der Waals surface area (Å²) in [7, 11) is 1.37. The van der Waals surface area contributed by atoms with E-state index in [0.29, 0.717) is 30.1 Å². The molecule has 1 atom stereocenters. The minimum absolute atomic E-state index is 0.121. The van der Waals surface area contributed by atoms with Crippen LogP contribution < -0.4 is 0 Å². The molecule has 0 spiro atoms. The number of benzene rings is 1. The molecule has 1 saturated heterocycles. The summed E-state index contributed by atoms with van der Waals surface area (Å²) in [6.45, 7) is 4.86. The molecule has 4 nitrogen and oxygen atoms in total. The van der Waals surface area contributed by atoms with Gasteiger partial charge in [0.15, 0.2) is 0 Å². The molecule has 1 aromatic carbocycles. The van der Waals surface area contributed by atoms with Gasteiger partial charge in [0, 0.05) is 13.1 Å². The molecule has 0 radical (unpaired) electrons. The van der Waals surface area contributed by atoms with Crippen LogP contribution in [-0.4, -0.2) is 37.0 Å². The maximum absolute atomic E-state index is 12.5. The van der Waals surface area contributed by atoms with E-state index in [-0.39, 0.29) is 17.8 Å². The fourth-order valence-corrected chi connectivity index (χ4v) is 2.72. The second-order valence-electron chi connectivity index (χ2n) is 5.18. The summed E-state index contributed by atoms with van der Waals surface area (Å²) in [6, 6.07) is 3.61. The Kier molecular flexibility index (Phi) is 4.33. The summed E-state index contributed by atoms with van der Waals surface area (Å²) in [5.41, 5.74) is 2.59. The minimum Gasteiger partial charge on any atom is -0.469 e. The normalized spacial score (nSPS) is 18.2. The predicted octanol–water partition coefficient (Wildman–Crippen LogP) is 2.59. The molecule has 0 unspecified atom stereocenters. The lowest BCUT2D eigenvalue weighted by Gasteiger charge is -2.17. The van der Waals surface area contributed by atoms with Gasteiger partial charge in [-0.3, -0.25) is 9.59 Å². The number of amides is 1. The molecule has 1 aromatic rings. The highest BCUT2D eigenvalue weighted by Crippen LogP contribution is 2.25. The van der Waals surface area contributed by atoms with Gasteiger partial charge >= 0.3 is 5.97 Å². The van der Waals surface area contributed by atoms with Crippen LogP contribution >= 0.6 is 11.6 Å². The Morgan fingerprint density at radius 2 is 1.95 bits per heavy atom. The molecule has 5 heteroatoms. The highest BCUT2D eigenvalue weighted by atomic mass is 35.5. The largest absolute Gasteiger partial charge is 0.469 e. The molecule has 1 aliphatic heterocycles. The lowest BCUT2D eigenvalue weighted by atomic mass is 10.1. The van der Waals surface area contributed by atoms with Crippen molar-refractivity contribution >= 4 is 23.5 Å². The molecule has 1 fully saturated rings. The molecular weight excluding hydrogens is 278 g/mol. The Bertz CT molecular complexity index is 556. The second kappa shape index (κ2) is 5.83. The Morgan fingerprint density at radius 3 is 2.60 bits per heavy atom. The Morgan fingerprint density at radius 1 is 1.30 bits per heavy atom. The zero-order valence-corrected chi connectivity index (χ0v) is 12.7. The van der Waals surface area contributed by atoms with Gasteiger partial charge in [-0.2, -0.15) is 0 Å². The van der Waals surface area contributed by atoms with E-state index in [1.807, 2.05) is 19.9 Å². The molecule has 1 heterocycles. The maximum atomic E-state index is 12.5. The summed E-state index contributed by atoms with van der Waals surface area (Å²) < 4.78 is 4.72. The number of halogens is 1. The molecule has 108 valence electrons.